The van der Waals surface area contributed by atoms with Crippen molar-refractivity contribution in [2.24, 2.45) is 7.05 Å². The molecule has 2 aromatic carbocycles. The number of carbonyl (C=O) groups excluding carboxylic acids is 2. The van der Waals surface area contributed by atoms with Crippen LogP contribution in [0.2, 0.25) is 0 Å². The number of thioether (sulfide) groups is 1. The van der Waals surface area contributed by atoms with Crippen LogP contribution < -0.4 is 0 Å². The van der Waals surface area contributed by atoms with Gasteiger partial charge in [-0.25, -0.2) is 0 Å². The van der Waals surface area contributed by atoms with Crippen molar-refractivity contribution in [3.63, 3.8) is 0 Å². The summed E-state index contributed by atoms with van der Waals surface area (Å²) in [6.07, 6.45) is 8.95. The fourth-order valence-electron chi connectivity index (χ4n) is 6.04. The van der Waals surface area contributed by atoms with Gasteiger partial charge in [-0.05, 0) is 61.9 Å². The summed E-state index contributed by atoms with van der Waals surface area (Å²) in [5, 5.41) is 8.13. The summed E-state index contributed by atoms with van der Waals surface area (Å²) in [4.78, 5) is 27.4. The number of unbranched alkanes of at least 4 members (excludes halogenated alkanes) is 1. The third-order valence-corrected chi connectivity index (χ3v) is 9.14. The summed E-state index contributed by atoms with van der Waals surface area (Å²) >= 11 is 1.29. The van der Waals surface area contributed by atoms with Crippen molar-refractivity contribution in [1.29, 1.82) is 0 Å². The van der Waals surface area contributed by atoms with Gasteiger partial charge in [-0.3, -0.25) is 14.3 Å². The van der Waals surface area contributed by atoms with E-state index in [-0.39, 0.29) is 11.2 Å². The number of carbonyl (C=O) groups is 2. The molecular formula is C32H43N4O2S+. The normalized spacial score (nSPS) is 19.2. The van der Waals surface area contributed by atoms with Crippen molar-refractivity contribution < 1.29 is 14.1 Å². The maximum absolute atomic E-state index is 13.9. The lowest BCUT2D eigenvalue weighted by Gasteiger charge is -2.47. The van der Waals surface area contributed by atoms with Gasteiger partial charge < -0.3 is 4.48 Å². The molecule has 0 aliphatic carbocycles. The predicted octanol–water partition coefficient (Wildman–Crippen LogP) is 6.16. The quantitative estimate of drug-likeness (QED) is 0.201. The van der Waals surface area contributed by atoms with Gasteiger partial charge in [-0.15, -0.1) is 5.10 Å². The molecule has 208 valence electrons. The smallest absolute Gasteiger partial charge is 0.194 e. The number of rotatable bonds is 12. The third-order valence-electron chi connectivity index (χ3n) is 8.20. The van der Waals surface area contributed by atoms with Gasteiger partial charge in [-0.1, -0.05) is 60.7 Å². The minimum atomic E-state index is 0.0426. The second kappa shape index (κ2) is 13.5. The number of piperidine rings is 1. The fourth-order valence-corrected chi connectivity index (χ4v) is 6.78. The van der Waals surface area contributed by atoms with Crippen LogP contribution in [-0.4, -0.2) is 49.5 Å². The summed E-state index contributed by atoms with van der Waals surface area (Å²) in [5.74, 6) is 0.393. The van der Waals surface area contributed by atoms with E-state index in [1.165, 1.54) is 40.4 Å². The van der Waals surface area contributed by atoms with E-state index >= 15 is 0 Å². The molecule has 3 aromatic rings. The van der Waals surface area contributed by atoms with Crippen molar-refractivity contribution in [3.05, 3.63) is 76.6 Å². The molecule has 2 heterocycles. The van der Waals surface area contributed by atoms with Gasteiger partial charge in [0.05, 0.1) is 18.8 Å². The van der Waals surface area contributed by atoms with Gasteiger partial charge in [0.1, 0.15) is 12.6 Å². The fraction of sp³-hybridized carbons (Fsp3) is 0.500. The second-order valence-corrected chi connectivity index (χ2v) is 12.3. The Hall–Kier alpha value is -2.77. The van der Waals surface area contributed by atoms with Gasteiger partial charge in [0.2, 0.25) is 0 Å². The lowest BCUT2D eigenvalue weighted by molar-refractivity contribution is -0.959. The zero-order valence-corrected chi connectivity index (χ0v) is 24.8. The van der Waals surface area contributed by atoms with E-state index < -0.39 is 0 Å². The molecule has 6 nitrogen and oxygen atoms in total. The molecule has 1 saturated heterocycles. The molecule has 1 aromatic heterocycles. The van der Waals surface area contributed by atoms with Gasteiger partial charge in [0.25, 0.3) is 0 Å². The van der Waals surface area contributed by atoms with Crippen LogP contribution in [0.3, 0.4) is 0 Å². The Kier molecular flexibility index (Phi) is 10.1. The third kappa shape index (κ3) is 7.67. The minimum absolute atomic E-state index is 0.0426. The first-order chi connectivity index (χ1) is 18.8. The number of likely N-dealkylation sites (tertiary alicyclic amines) is 1. The predicted molar refractivity (Wildman–Crippen MR) is 158 cm³/mol. The van der Waals surface area contributed by atoms with Crippen LogP contribution in [0.25, 0.3) is 0 Å². The average Bonchev–Trinajstić information content (AvgIpc) is 3.35. The maximum atomic E-state index is 13.9. The number of benzene rings is 2. The zero-order chi connectivity index (χ0) is 27.8. The molecule has 0 N–H and O–H groups in total. The summed E-state index contributed by atoms with van der Waals surface area (Å²) in [6.45, 7) is 9.44. The molecule has 0 saturated carbocycles. The van der Waals surface area contributed by atoms with Gasteiger partial charge in [-0.2, -0.15) is 0 Å². The molecular weight excluding hydrogens is 504 g/mol. The van der Waals surface area contributed by atoms with Crippen LogP contribution in [0.1, 0.15) is 73.4 Å². The van der Waals surface area contributed by atoms with Crippen LogP contribution in [0, 0.1) is 13.8 Å². The Morgan fingerprint density at radius 1 is 1.08 bits per heavy atom. The Labute approximate surface area is 237 Å². The summed E-state index contributed by atoms with van der Waals surface area (Å²) in [5.41, 5.74) is 5.71. The van der Waals surface area contributed by atoms with E-state index in [1.807, 2.05) is 13.2 Å². The molecule has 1 aliphatic heterocycles. The first-order valence-corrected chi connectivity index (χ1v) is 15.2. The number of aryl methyl sites for hydroxylation is 4. The average molecular weight is 548 g/mol. The minimum Gasteiger partial charge on any atom is -0.311 e. The topological polar surface area (TPSA) is 64.8 Å². The lowest BCUT2D eigenvalue weighted by atomic mass is 9.88. The molecule has 0 radical (unpaired) electrons. The molecule has 2 atom stereocenters. The van der Waals surface area contributed by atoms with Crippen LogP contribution in [0.15, 0.2) is 53.6 Å². The van der Waals surface area contributed by atoms with Crippen LogP contribution in [-0.2, 0) is 36.0 Å². The van der Waals surface area contributed by atoms with Crippen molar-refractivity contribution in [1.82, 2.24) is 15.0 Å². The molecule has 0 amide bonds. The van der Waals surface area contributed by atoms with E-state index in [0.717, 1.165) is 60.4 Å². The highest BCUT2D eigenvalue weighted by atomic mass is 32.2. The molecule has 1 aliphatic rings. The molecule has 0 bridgehead atoms. The number of hydrogen-bond donors (Lipinski definition) is 0. The maximum Gasteiger partial charge on any atom is 0.194 e. The largest absolute Gasteiger partial charge is 0.311 e. The monoisotopic (exact) mass is 547 g/mol. The van der Waals surface area contributed by atoms with E-state index in [9.17, 15) is 9.59 Å². The highest BCUT2D eigenvalue weighted by Gasteiger charge is 2.43. The second-order valence-electron chi connectivity index (χ2n) is 11.2. The van der Waals surface area contributed by atoms with Gasteiger partial charge in [0, 0.05) is 49.4 Å². The van der Waals surface area contributed by atoms with E-state index in [2.05, 4.69) is 73.5 Å². The number of hydrogen-bond acceptors (Lipinski definition) is 5. The van der Waals surface area contributed by atoms with Crippen molar-refractivity contribution in [2.45, 2.75) is 89.6 Å². The lowest BCUT2D eigenvalue weighted by Crippen LogP contribution is -2.61. The molecule has 0 spiro atoms. The summed E-state index contributed by atoms with van der Waals surface area (Å²) in [6, 6.07) is 14.8. The van der Waals surface area contributed by atoms with Crippen molar-refractivity contribution in [3.8, 4) is 0 Å². The number of aromatic nitrogens is 3. The highest BCUT2D eigenvalue weighted by molar-refractivity contribution is 8.13. The molecule has 7 heteroatoms. The van der Waals surface area contributed by atoms with E-state index in [0.29, 0.717) is 25.0 Å². The Bertz CT molecular complexity index is 1250. The van der Waals surface area contributed by atoms with Gasteiger partial charge >= 0.3 is 0 Å². The summed E-state index contributed by atoms with van der Waals surface area (Å²) in [7, 11) is 1.83. The Morgan fingerprint density at radius 2 is 1.82 bits per heavy atom. The Balaban J connectivity index is 1.45. The Morgan fingerprint density at radius 3 is 2.49 bits per heavy atom. The SMILES string of the molecule is CCCC[N+]1(Cc2ccc(SC(=O)CCc3cn(C)nn3)cc2)CCCCC1C(=O)Cc1c(C)cccc1C. The first kappa shape index (κ1) is 29.2. The highest BCUT2D eigenvalue weighted by Crippen LogP contribution is 2.32. The van der Waals surface area contributed by atoms with E-state index in [4.69, 9.17) is 0 Å². The van der Waals surface area contributed by atoms with Crippen LogP contribution in [0.4, 0.5) is 0 Å². The number of ketones is 1. The van der Waals surface area contributed by atoms with Crippen molar-refractivity contribution >= 4 is 22.7 Å². The van der Waals surface area contributed by atoms with Crippen LogP contribution in [0.5, 0.6) is 0 Å². The molecule has 4 rings (SSSR count). The zero-order valence-electron chi connectivity index (χ0n) is 24.0. The molecule has 1 fully saturated rings. The van der Waals surface area contributed by atoms with E-state index in [1.54, 1.807) is 4.68 Å². The summed E-state index contributed by atoms with van der Waals surface area (Å²) < 4.78 is 2.52. The number of Topliss-reactive ketones (excluding diaryl/α,β-unsaturated/α-hetero) is 1. The number of quaternary nitrogens is 1. The first-order valence-electron chi connectivity index (χ1n) is 14.4. The van der Waals surface area contributed by atoms with Crippen LogP contribution >= 0.6 is 11.8 Å². The van der Waals surface area contributed by atoms with Crippen molar-refractivity contribution in [2.75, 3.05) is 13.1 Å². The number of nitrogens with zero attached hydrogens (tertiary/aromatic N) is 4. The standard InChI is InChI=1S/C32H43N4O2S/c1-5-6-19-36(20-8-7-12-30(36)31(37)21-29-24(2)10-9-11-25(29)3)23-26-13-16-28(17-14-26)39-32(38)18-15-27-22-35(4)34-33-27/h9-11,13-14,16-17,22,30H,5-8,12,15,18-21,23H2,1-4H3/q+1. The molecule has 2 unspecified atom stereocenters. The molecule has 39 heavy (non-hydrogen) atoms. The van der Waals surface area contributed by atoms with Gasteiger partial charge in [0.15, 0.2) is 10.9 Å².